The molecule has 0 aromatic carbocycles. The van der Waals surface area contributed by atoms with Crippen LogP contribution < -0.4 is 10.6 Å². The summed E-state index contributed by atoms with van der Waals surface area (Å²) < 4.78 is 0. The molecule has 1 fully saturated rings. The highest BCUT2D eigenvalue weighted by atomic mass is 127. The van der Waals surface area contributed by atoms with E-state index in [0.29, 0.717) is 12.6 Å². The second-order valence-corrected chi connectivity index (χ2v) is 7.34. The van der Waals surface area contributed by atoms with E-state index in [9.17, 15) is 4.79 Å². The van der Waals surface area contributed by atoms with E-state index < -0.39 is 0 Å². The maximum absolute atomic E-state index is 12.4. The Morgan fingerprint density at radius 2 is 2.17 bits per heavy atom. The lowest BCUT2D eigenvalue weighted by Gasteiger charge is -2.28. The Hall–Kier alpha value is -0.830. The number of amides is 1. The van der Waals surface area contributed by atoms with Crippen LogP contribution in [0.5, 0.6) is 0 Å². The molecule has 1 saturated carbocycles. The smallest absolute Gasteiger partial charge is 0.242 e. The second kappa shape index (κ2) is 9.60. The SMILES string of the molecule is CN=C(NCC(=O)N1CCc2sccc2C1)NC1CCCCC1.I. The van der Waals surface area contributed by atoms with Crippen LogP contribution >= 0.6 is 35.3 Å². The van der Waals surface area contributed by atoms with Crippen molar-refractivity contribution in [2.75, 3.05) is 20.1 Å². The van der Waals surface area contributed by atoms with Crippen LogP contribution in [0.1, 0.15) is 42.5 Å². The van der Waals surface area contributed by atoms with Gasteiger partial charge in [0.15, 0.2) is 5.96 Å². The number of carbonyl (C=O) groups excluding carboxylic acids is 1. The predicted octanol–water partition coefficient (Wildman–Crippen LogP) is 2.75. The molecule has 3 rings (SSSR count). The topological polar surface area (TPSA) is 56.7 Å². The monoisotopic (exact) mass is 462 g/mol. The first-order valence-electron chi connectivity index (χ1n) is 8.56. The standard InChI is InChI=1S/C17H26N4OS.HI/c1-18-17(20-14-5-3-2-4-6-14)19-11-16(22)21-9-7-15-13(12-21)8-10-23-15;/h8,10,14H,2-7,9,11-12H2,1H3,(H2,18,19,20);1H. The highest BCUT2D eigenvalue weighted by Crippen LogP contribution is 2.23. The summed E-state index contributed by atoms with van der Waals surface area (Å²) in [6, 6.07) is 2.63. The molecule has 1 aromatic heterocycles. The van der Waals surface area contributed by atoms with Gasteiger partial charge in [-0.2, -0.15) is 0 Å². The van der Waals surface area contributed by atoms with Gasteiger partial charge in [-0.25, -0.2) is 0 Å². The third-order valence-corrected chi connectivity index (χ3v) is 5.76. The van der Waals surface area contributed by atoms with E-state index in [0.717, 1.165) is 25.5 Å². The first-order valence-corrected chi connectivity index (χ1v) is 9.44. The van der Waals surface area contributed by atoms with Crippen molar-refractivity contribution < 1.29 is 4.79 Å². The molecule has 5 nitrogen and oxygen atoms in total. The zero-order chi connectivity index (χ0) is 16.1. The summed E-state index contributed by atoms with van der Waals surface area (Å²) in [5.74, 6) is 0.895. The normalized spacial score (nSPS) is 18.5. The van der Waals surface area contributed by atoms with E-state index in [-0.39, 0.29) is 29.9 Å². The predicted molar refractivity (Wildman–Crippen MR) is 110 cm³/mol. The van der Waals surface area contributed by atoms with Gasteiger partial charge in [0.25, 0.3) is 0 Å². The lowest BCUT2D eigenvalue weighted by molar-refractivity contribution is -0.130. The first-order chi connectivity index (χ1) is 11.3. The summed E-state index contributed by atoms with van der Waals surface area (Å²) in [4.78, 5) is 20.0. The summed E-state index contributed by atoms with van der Waals surface area (Å²) in [5.41, 5.74) is 1.30. The fourth-order valence-electron chi connectivity index (χ4n) is 3.37. The lowest BCUT2D eigenvalue weighted by atomic mass is 9.96. The average Bonchev–Trinajstić information content (AvgIpc) is 3.06. The van der Waals surface area contributed by atoms with Gasteiger partial charge in [0.05, 0.1) is 6.54 Å². The van der Waals surface area contributed by atoms with E-state index in [1.54, 1.807) is 18.4 Å². The maximum Gasteiger partial charge on any atom is 0.242 e. The third-order valence-electron chi connectivity index (χ3n) is 4.74. The van der Waals surface area contributed by atoms with Gasteiger partial charge >= 0.3 is 0 Å². The minimum absolute atomic E-state index is 0. The Bertz CT molecular complexity index is 569. The van der Waals surface area contributed by atoms with Gasteiger partial charge in [0.2, 0.25) is 5.91 Å². The summed E-state index contributed by atoms with van der Waals surface area (Å²) >= 11 is 1.80. The molecule has 0 atom stereocenters. The van der Waals surface area contributed by atoms with Crippen molar-refractivity contribution in [1.29, 1.82) is 0 Å². The molecule has 1 aliphatic carbocycles. The molecule has 0 bridgehead atoms. The fourth-order valence-corrected chi connectivity index (χ4v) is 4.26. The number of carbonyl (C=O) groups is 1. The molecule has 134 valence electrons. The minimum Gasteiger partial charge on any atom is -0.354 e. The van der Waals surface area contributed by atoms with Crippen LogP contribution in [0.25, 0.3) is 0 Å². The number of nitrogens with zero attached hydrogens (tertiary/aromatic N) is 2. The van der Waals surface area contributed by atoms with Gasteiger partial charge in [-0.05, 0) is 36.3 Å². The highest BCUT2D eigenvalue weighted by Gasteiger charge is 2.21. The molecule has 24 heavy (non-hydrogen) atoms. The van der Waals surface area contributed by atoms with Gasteiger partial charge < -0.3 is 15.5 Å². The Kier molecular flexibility index (Phi) is 7.80. The molecular weight excluding hydrogens is 435 g/mol. The van der Waals surface area contributed by atoms with Crippen molar-refractivity contribution in [3.05, 3.63) is 21.9 Å². The molecule has 2 heterocycles. The number of nitrogens with one attached hydrogen (secondary N) is 2. The van der Waals surface area contributed by atoms with Crippen molar-refractivity contribution in [3.8, 4) is 0 Å². The molecule has 0 unspecified atom stereocenters. The molecular formula is C17H27IN4OS. The number of guanidine groups is 1. The molecule has 0 saturated heterocycles. The van der Waals surface area contributed by atoms with Gasteiger partial charge in [0.1, 0.15) is 0 Å². The number of aliphatic imine (C=N–C) groups is 1. The van der Waals surface area contributed by atoms with Gasteiger partial charge in [-0.3, -0.25) is 9.79 Å². The number of rotatable bonds is 3. The lowest BCUT2D eigenvalue weighted by Crippen LogP contribution is -2.48. The largest absolute Gasteiger partial charge is 0.354 e. The summed E-state index contributed by atoms with van der Waals surface area (Å²) in [6.07, 6.45) is 7.27. The van der Waals surface area contributed by atoms with Crippen LogP contribution in [0.3, 0.4) is 0 Å². The van der Waals surface area contributed by atoms with Crippen molar-refractivity contribution in [2.24, 2.45) is 4.99 Å². The molecule has 1 amide bonds. The number of thiophene rings is 1. The van der Waals surface area contributed by atoms with E-state index in [1.165, 1.54) is 42.5 Å². The third kappa shape index (κ3) is 5.08. The number of fused-ring (bicyclic) bond motifs is 1. The Morgan fingerprint density at radius 1 is 1.38 bits per heavy atom. The molecule has 1 aliphatic heterocycles. The molecule has 7 heteroatoms. The van der Waals surface area contributed by atoms with Crippen LogP contribution in [0.2, 0.25) is 0 Å². The summed E-state index contributed by atoms with van der Waals surface area (Å²) in [5, 5.41) is 8.74. The van der Waals surface area contributed by atoms with Gasteiger partial charge in [-0.15, -0.1) is 35.3 Å². The fraction of sp³-hybridized carbons (Fsp3) is 0.647. The Labute approximate surface area is 165 Å². The van der Waals surface area contributed by atoms with Crippen LogP contribution in [-0.2, 0) is 17.8 Å². The van der Waals surface area contributed by atoms with Crippen LogP contribution in [0.4, 0.5) is 0 Å². The summed E-state index contributed by atoms with van der Waals surface area (Å²) in [7, 11) is 1.77. The number of hydrogen-bond acceptors (Lipinski definition) is 3. The Morgan fingerprint density at radius 3 is 2.92 bits per heavy atom. The van der Waals surface area contributed by atoms with Crippen LogP contribution in [-0.4, -0.2) is 42.9 Å². The molecule has 1 aromatic rings. The second-order valence-electron chi connectivity index (χ2n) is 6.34. The van der Waals surface area contributed by atoms with Gasteiger partial charge in [-0.1, -0.05) is 19.3 Å². The van der Waals surface area contributed by atoms with Crippen LogP contribution in [0.15, 0.2) is 16.4 Å². The minimum atomic E-state index is 0. The highest BCUT2D eigenvalue weighted by molar-refractivity contribution is 14.0. The van der Waals surface area contributed by atoms with Crippen molar-refractivity contribution >= 4 is 47.2 Å². The molecule has 2 aliphatic rings. The molecule has 0 spiro atoms. The zero-order valence-electron chi connectivity index (χ0n) is 14.2. The Balaban J connectivity index is 0.00000208. The zero-order valence-corrected chi connectivity index (χ0v) is 17.4. The van der Waals surface area contributed by atoms with E-state index in [1.807, 2.05) is 4.90 Å². The first kappa shape index (κ1) is 19.5. The van der Waals surface area contributed by atoms with Gasteiger partial charge in [0, 0.05) is 31.1 Å². The van der Waals surface area contributed by atoms with Crippen molar-refractivity contribution in [2.45, 2.75) is 51.1 Å². The quantitative estimate of drug-likeness (QED) is 0.413. The molecule has 0 radical (unpaired) electrons. The van der Waals surface area contributed by atoms with Crippen molar-refractivity contribution in [3.63, 3.8) is 0 Å². The van der Waals surface area contributed by atoms with E-state index in [4.69, 9.17) is 0 Å². The number of halogens is 1. The van der Waals surface area contributed by atoms with E-state index >= 15 is 0 Å². The van der Waals surface area contributed by atoms with E-state index in [2.05, 4.69) is 27.1 Å². The summed E-state index contributed by atoms with van der Waals surface area (Å²) in [6.45, 7) is 1.88. The van der Waals surface area contributed by atoms with Crippen LogP contribution in [0, 0.1) is 0 Å². The maximum atomic E-state index is 12.4. The number of hydrogen-bond donors (Lipinski definition) is 2. The molecule has 2 N–H and O–H groups in total. The van der Waals surface area contributed by atoms with Crippen molar-refractivity contribution in [1.82, 2.24) is 15.5 Å². The average molecular weight is 462 g/mol.